The Morgan fingerprint density at radius 2 is 2.00 bits per heavy atom. The van der Waals surface area contributed by atoms with Crippen LogP contribution in [0.5, 0.6) is 0 Å². The van der Waals surface area contributed by atoms with E-state index in [0.29, 0.717) is 12.0 Å². The van der Waals surface area contributed by atoms with Crippen LogP contribution in [-0.2, 0) is 9.16 Å². The number of ether oxygens (including phenoxy) is 1. The molecule has 0 N–H and O–H groups in total. The zero-order valence-corrected chi connectivity index (χ0v) is 22.9. The Bertz CT molecular complexity index is 767. The van der Waals surface area contributed by atoms with Gasteiger partial charge in [0.2, 0.25) is 0 Å². The van der Waals surface area contributed by atoms with Gasteiger partial charge in [-0.25, -0.2) is 0 Å². The van der Waals surface area contributed by atoms with Crippen LogP contribution >= 0.6 is 0 Å². The first-order valence-electron chi connectivity index (χ1n) is 13.0. The smallest absolute Gasteiger partial charge is 0.184 e. The van der Waals surface area contributed by atoms with E-state index in [1.165, 1.54) is 49.7 Å². The first-order valence-corrected chi connectivity index (χ1v) is 16.4. The monoisotopic (exact) mass is 456 g/mol. The van der Waals surface area contributed by atoms with Crippen molar-refractivity contribution in [3.05, 3.63) is 47.6 Å². The molecule has 3 rings (SSSR count). The van der Waals surface area contributed by atoms with Gasteiger partial charge in [0.15, 0.2) is 8.32 Å². The highest BCUT2D eigenvalue weighted by atomic mass is 28.4. The second-order valence-corrected chi connectivity index (χ2v) is 16.8. The minimum Gasteiger partial charge on any atom is -0.413 e. The lowest BCUT2D eigenvalue weighted by atomic mass is 9.61. The van der Waals surface area contributed by atoms with Gasteiger partial charge in [-0.15, -0.1) is 6.58 Å². The topological polar surface area (TPSA) is 18.5 Å². The van der Waals surface area contributed by atoms with Crippen LogP contribution in [0.2, 0.25) is 19.6 Å². The van der Waals surface area contributed by atoms with Gasteiger partial charge in [-0.1, -0.05) is 51.0 Å². The molecule has 0 saturated heterocycles. The fraction of sp³-hybridized carbons (Fsp3) is 0.724. The van der Waals surface area contributed by atoms with E-state index in [1.807, 2.05) is 6.08 Å². The van der Waals surface area contributed by atoms with E-state index in [1.54, 1.807) is 5.57 Å². The van der Waals surface area contributed by atoms with E-state index >= 15 is 0 Å². The molecule has 0 aromatic heterocycles. The highest BCUT2D eigenvalue weighted by Crippen LogP contribution is 2.61. The minimum absolute atomic E-state index is 0.0148. The molecule has 180 valence electrons. The molecule has 1 fully saturated rings. The highest BCUT2D eigenvalue weighted by Gasteiger charge is 2.51. The predicted molar refractivity (Wildman–Crippen MR) is 140 cm³/mol. The molecule has 0 amide bonds. The molecular formula is C29H48O2Si. The van der Waals surface area contributed by atoms with Crippen molar-refractivity contribution in [2.45, 2.75) is 97.9 Å². The minimum atomic E-state index is -1.49. The van der Waals surface area contributed by atoms with Gasteiger partial charge in [-0.2, -0.15) is 0 Å². The first-order chi connectivity index (χ1) is 15.0. The van der Waals surface area contributed by atoms with Crippen molar-refractivity contribution in [3.8, 4) is 0 Å². The van der Waals surface area contributed by atoms with Crippen LogP contribution in [0.25, 0.3) is 0 Å². The summed E-state index contributed by atoms with van der Waals surface area (Å²) in [5, 5.41) is 0. The van der Waals surface area contributed by atoms with Gasteiger partial charge in [0.25, 0.3) is 0 Å². The van der Waals surface area contributed by atoms with Crippen molar-refractivity contribution in [2.24, 2.45) is 23.2 Å². The molecule has 0 bridgehead atoms. The van der Waals surface area contributed by atoms with Crippen molar-refractivity contribution in [2.75, 3.05) is 13.2 Å². The molecular weight excluding hydrogens is 408 g/mol. The van der Waals surface area contributed by atoms with Crippen LogP contribution in [-0.4, -0.2) is 27.1 Å². The molecule has 0 aromatic carbocycles. The molecule has 0 unspecified atom stereocenters. The molecule has 0 spiro atoms. The fourth-order valence-electron chi connectivity index (χ4n) is 6.93. The first kappa shape index (κ1) is 25.7. The van der Waals surface area contributed by atoms with Crippen molar-refractivity contribution in [1.29, 1.82) is 0 Å². The van der Waals surface area contributed by atoms with Crippen LogP contribution in [0.1, 0.15) is 72.6 Å². The maximum absolute atomic E-state index is 6.44. The Balaban J connectivity index is 1.56. The van der Waals surface area contributed by atoms with E-state index in [9.17, 15) is 0 Å². The lowest BCUT2D eigenvalue weighted by Crippen LogP contribution is -2.38. The molecule has 2 nitrogen and oxygen atoms in total. The van der Waals surface area contributed by atoms with Crippen LogP contribution < -0.4 is 0 Å². The summed E-state index contributed by atoms with van der Waals surface area (Å²) in [6, 6.07) is 0. The average molecular weight is 457 g/mol. The summed E-state index contributed by atoms with van der Waals surface area (Å²) in [7, 11) is -1.49. The van der Waals surface area contributed by atoms with Gasteiger partial charge in [0, 0.05) is 0 Å². The van der Waals surface area contributed by atoms with Gasteiger partial charge in [0.1, 0.15) is 0 Å². The summed E-state index contributed by atoms with van der Waals surface area (Å²) in [4.78, 5) is 0. The van der Waals surface area contributed by atoms with Crippen molar-refractivity contribution < 1.29 is 9.16 Å². The molecule has 0 aromatic rings. The zero-order chi connectivity index (χ0) is 23.6. The van der Waals surface area contributed by atoms with Crippen LogP contribution in [0.15, 0.2) is 47.6 Å². The normalized spacial score (nSPS) is 28.5. The van der Waals surface area contributed by atoms with Crippen molar-refractivity contribution >= 4 is 8.32 Å². The third kappa shape index (κ3) is 5.96. The number of fused-ring (bicyclic) bond motifs is 3. The lowest BCUT2D eigenvalue weighted by Gasteiger charge is -2.43. The zero-order valence-electron chi connectivity index (χ0n) is 21.9. The van der Waals surface area contributed by atoms with E-state index in [4.69, 9.17) is 9.16 Å². The molecule has 3 heteroatoms. The SMILES string of the molecule is C=CCOCCC1=CC=C2C1=CC[C@]1(C)[C@@H]([C@H](C)CCCC(C)(C)O[Si](C)(C)C)CC[C@@H]21. The Kier molecular flexibility index (Phi) is 8.16. The van der Waals surface area contributed by atoms with E-state index in [2.05, 4.69) is 72.1 Å². The number of rotatable bonds is 12. The van der Waals surface area contributed by atoms with Crippen LogP contribution in [0, 0.1) is 23.2 Å². The molecule has 1 saturated carbocycles. The molecule has 4 atom stereocenters. The fourth-order valence-corrected chi connectivity index (χ4v) is 8.69. The standard InChI is InChI=1S/C29H48O2Si/c1-9-20-30-21-17-23-12-13-25-24(23)16-19-29(5)26(14-15-27(25)29)22(2)11-10-18-28(3,4)31-32(6,7)8/h9,12-13,16,22,26-27H,1,10-11,14-15,17-21H2,2-8H3/t22-,26-,27+,29-/m1/s1. The predicted octanol–water partition coefficient (Wildman–Crippen LogP) is 8.24. The molecule has 3 aliphatic rings. The van der Waals surface area contributed by atoms with Crippen molar-refractivity contribution in [3.63, 3.8) is 0 Å². The summed E-state index contributed by atoms with van der Waals surface area (Å²) in [5.41, 5.74) is 5.07. The molecule has 32 heavy (non-hydrogen) atoms. The number of hydrogen-bond acceptors (Lipinski definition) is 2. The third-order valence-corrected chi connectivity index (χ3v) is 9.28. The average Bonchev–Trinajstić information content (AvgIpc) is 3.23. The van der Waals surface area contributed by atoms with Gasteiger partial charge in [0.05, 0.1) is 18.8 Å². The molecule has 0 heterocycles. The van der Waals surface area contributed by atoms with E-state index in [-0.39, 0.29) is 5.60 Å². The molecule has 0 aliphatic heterocycles. The second kappa shape index (κ2) is 10.2. The van der Waals surface area contributed by atoms with Crippen molar-refractivity contribution in [1.82, 2.24) is 0 Å². The van der Waals surface area contributed by atoms with Gasteiger partial charge in [-0.3, -0.25) is 0 Å². The second-order valence-electron chi connectivity index (χ2n) is 12.3. The molecule has 3 aliphatic carbocycles. The van der Waals surface area contributed by atoms with Gasteiger partial charge >= 0.3 is 0 Å². The molecule has 0 radical (unpaired) electrons. The Hall–Kier alpha value is -0.903. The summed E-state index contributed by atoms with van der Waals surface area (Å²) >= 11 is 0. The maximum Gasteiger partial charge on any atom is 0.184 e. The lowest BCUT2D eigenvalue weighted by molar-refractivity contribution is 0.0799. The third-order valence-electron chi connectivity index (χ3n) is 8.11. The number of allylic oxidation sites excluding steroid dienone is 5. The maximum atomic E-state index is 6.44. The Morgan fingerprint density at radius 1 is 1.25 bits per heavy atom. The van der Waals surface area contributed by atoms with Gasteiger partial charge < -0.3 is 9.16 Å². The van der Waals surface area contributed by atoms with Crippen LogP contribution in [0.3, 0.4) is 0 Å². The van der Waals surface area contributed by atoms with E-state index in [0.717, 1.165) is 30.8 Å². The largest absolute Gasteiger partial charge is 0.413 e. The summed E-state index contributed by atoms with van der Waals surface area (Å²) in [6.07, 6.45) is 17.9. The number of hydrogen-bond donors (Lipinski definition) is 0. The summed E-state index contributed by atoms with van der Waals surface area (Å²) in [6.45, 7) is 21.8. The Morgan fingerprint density at radius 3 is 2.69 bits per heavy atom. The van der Waals surface area contributed by atoms with E-state index < -0.39 is 8.32 Å². The quantitative estimate of drug-likeness (QED) is 0.167. The Labute approximate surface area is 199 Å². The van der Waals surface area contributed by atoms with Crippen LogP contribution in [0.4, 0.5) is 0 Å². The summed E-state index contributed by atoms with van der Waals surface area (Å²) in [5.74, 6) is 2.33. The summed E-state index contributed by atoms with van der Waals surface area (Å²) < 4.78 is 12.1. The van der Waals surface area contributed by atoms with Gasteiger partial charge in [-0.05, 0) is 105 Å². The highest BCUT2D eigenvalue weighted by molar-refractivity contribution is 6.69.